The van der Waals surface area contributed by atoms with Gasteiger partial charge in [-0.15, -0.1) is 0 Å². The summed E-state index contributed by atoms with van der Waals surface area (Å²) in [5, 5.41) is 10.7. The summed E-state index contributed by atoms with van der Waals surface area (Å²) in [5.74, 6) is 0. The topological polar surface area (TPSA) is 36.4 Å². The lowest BCUT2D eigenvalue weighted by Gasteiger charge is -2.23. The Balaban J connectivity index is 1.61. The van der Waals surface area contributed by atoms with Gasteiger partial charge in [0.1, 0.15) is 0 Å². The van der Waals surface area contributed by atoms with Crippen molar-refractivity contribution in [3.05, 3.63) is 66.0 Å². The fourth-order valence-electron chi connectivity index (χ4n) is 2.90. The molecule has 3 nitrogen and oxygen atoms in total. The van der Waals surface area contributed by atoms with Crippen molar-refractivity contribution in [2.45, 2.75) is 25.0 Å². The molecule has 3 heteroatoms. The Labute approximate surface area is 119 Å². The average molecular weight is 268 g/mol. The number of benzene rings is 1. The van der Waals surface area contributed by atoms with Gasteiger partial charge in [0, 0.05) is 37.9 Å². The molecule has 104 valence electrons. The molecule has 0 spiro atoms. The number of likely N-dealkylation sites (tertiary alicyclic amines) is 1. The molecular weight excluding hydrogens is 248 g/mol. The average Bonchev–Trinajstić information content (AvgIpc) is 2.82. The number of β-amino-alcohol motifs (C(OH)–C–C–N with tert-alkyl or cyclic N) is 1. The minimum Gasteiger partial charge on any atom is -0.388 e. The zero-order valence-corrected chi connectivity index (χ0v) is 11.6. The maximum absolute atomic E-state index is 10.7. The third-order valence-electron chi connectivity index (χ3n) is 3.90. The molecule has 2 aromatic rings. The van der Waals surface area contributed by atoms with Crippen molar-refractivity contribution >= 4 is 0 Å². The minimum absolute atomic E-state index is 0.636. The van der Waals surface area contributed by atoms with Crippen LogP contribution in [0.4, 0.5) is 0 Å². The number of hydrogen-bond acceptors (Lipinski definition) is 3. The van der Waals surface area contributed by atoms with Crippen molar-refractivity contribution < 1.29 is 5.11 Å². The first-order chi connectivity index (χ1) is 9.73. The van der Waals surface area contributed by atoms with Crippen LogP contribution in [0.1, 0.15) is 17.7 Å². The maximum Gasteiger partial charge on any atom is 0.0841 e. The third-order valence-corrected chi connectivity index (χ3v) is 3.90. The molecule has 0 saturated carbocycles. The van der Waals surface area contributed by atoms with Gasteiger partial charge in [-0.25, -0.2) is 0 Å². The summed E-state index contributed by atoms with van der Waals surface area (Å²) in [4.78, 5) is 6.64. The minimum atomic E-state index is -0.636. The molecule has 1 atom stereocenters. The number of rotatable bonds is 4. The van der Waals surface area contributed by atoms with Gasteiger partial charge in [0.15, 0.2) is 0 Å². The van der Waals surface area contributed by atoms with Crippen molar-refractivity contribution in [3.8, 4) is 0 Å². The molecule has 1 aromatic heterocycles. The van der Waals surface area contributed by atoms with Crippen LogP contribution >= 0.6 is 0 Å². The first kappa shape index (κ1) is 13.3. The highest BCUT2D eigenvalue weighted by molar-refractivity contribution is 5.15. The lowest BCUT2D eigenvalue weighted by atomic mass is 9.96. The van der Waals surface area contributed by atoms with E-state index in [0.717, 1.165) is 31.7 Å². The summed E-state index contributed by atoms with van der Waals surface area (Å²) in [6.07, 6.45) is 3.24. The highest BCUT2D eigenvalue weighted by Gasteiger charge is 2.36. The van der Waals surface area contributed by atoms with Crippen LogP contribution < -0.4 is 0 Å². The lowest BCUT2D eigenvalue weighted by Crippen LogP contribution is -2.35. The van der Waals surface area contributed by atoms with Gasteiger partial charge >= 0.3 is 0 Å². The smallest absolute Gasteiger partial charge is 0.0841 e. The largest absolute Gasteiger partial charge is 0.388 e. The number of pyridine rings is 1. The second kappa shape index (κ2) is 5.73. The van der Waals surface area contributed by atoms with Crippen molar-refractivity contribution in [3.63, 3.8) is 0 Å². The normalized spacial score (nSPS) is 23.1. The van der Waals surface area contributed by atoms with Crippen molar-refractivity contribution in [2.75, 3.05) is 13.1 Å². The molecule has 0 amide bonds. The Morgan fingerprint density at radius 1 is 1.10 bits per heavy atom. The van der Waals surface area contributed by atoms with Gasteiger partial charge in [0.25, 0.3) is 0 Å². The second-order valence-corrected chi connectivity index (χ2v) is 5.67. The highest BCUT2D eigenvalue weighted by Crippen LogP contribution is 2.26. The number of nitrogens with zero attached hydrogens (tertiary/aromatic N) is 2. The molecule has 1 aromatic carbocycles. The van der Waals surface area contributed by atoms with Crippen LogP contribution in [0, 0.1) is 0 Å². The fraction of sp³-hybridized carbons (Fsp3) is 0.353. The molecule has 1 fully saturated rings. The standard InChI is InChI=1S/C17H20N2O/c20-17(12-16-8-4-5-10-18-16)9-11-19(14-17)13-15-6-2-1-3-7-15/h1-8,10,20H,9,11-14H2. The maximum atomic E-state index is 10.7. The molecule has 1 saturated heterocycles. The summed E-state index contributed by atoms with van der Waals surface area (Å²) >= 11 is 0. The molecule has 3 rings (SSSR count). The summed E-state index contributed by atoms with van der Waals surface area (Å²) in [6, 6.07) is 16.3. The summed E-state index contributed by atoms with van der Waals surface area (Å²) in [6.45, 7) is 2.57. The van der Waals surface area contributed by atoms with E-state index in [1.807, 2.05) is 24.3 Å². The highest BCUT2D eigenvalue weighted by atomic mass is 16.3. The zero-order valence-electron chi connectivity index (χ0n) is 11.6. The van der Waals surface area contributed by atoms with E-state index in [9.17, 15) is 5.11 Å². The first-order valence-corrected chi connectivity index (χ1v) is 7.12. The monoisotopic (exact) mass is 268 g/mol. The summed E-state index contributed by atoms with van der Waals surface area (Å²) in [7, 11) is 0. The Morgan fingerprint density at radius 3 is 2.65 bits per heavy atom. The van der Waals surface area contributed by atoms with E-state index >= 15 is 0 Å². The van der Waals surface area contributed by atoms with Gasteiger partial charge in [-0.05, 0) is 24.1 Å². The van der Waals surface area contributed by atoms with E-state index in [0.29, 0.717) is 6.42 Å². The van der Waals surface area contributed by atoms with Gasteiger partial charge in [0.05, 0.1) is 5.60 Å². The van der Waals surface area contributed by atoms with Gasteiger partial charge in [-0.3, -0.25) is 9.88 Å². The van der Waals surface area contributed by atoms with Crippen LogP contribution in [-0.4, -0.2) is 33.7 Å². The molecule has 20 heavy (non-hydrogen) atoms. The van der Waals surface area contributed by atoms with Crippen LogP contribution in [0.15, 0.2) is 54.7 Å². The number of aromatic nitrogens is 1. The van der Waals surface area contributed by atoms with E-state index < -0.39 is 5.60 Å². The zero-order chi connectivity index (χ0) is 13.8. The van der Waals surface area contributed by atoms with Gasteiger partial charge in [-0.1, -0.05) is 36.4 Å². The van der Waals surface area contributed by atoms with E-state index in [1.165, 1.54) is 5.56 Å². The van der Waals surface area contributed by atoms with Crippen LogP contribution in [0.5, 0.6) is 0 Å². The van der Waals surface area contributed by atoms with Crippen LogP contribution in [0.3, 0.4) is 0 Å². The molecule has 1 aliphatic heterocycles. The van der Waals surface area contributed by atoms with E-state index in [2.05, 4.69) is 34.1 Å². The predicted octanol–water partition coefficient (Wildman–Crippen LogP) is 2.26. The first-order valence-electron chi connectivity index (χ1n) is 7.12. The molecular formula is C17H20N2O. The third kappa shape index (κ3) is 3.24. The van der Waals surface area contributed by atoms with Gasteiger partial charge in [-0.2, -0.15) is 0 Å². The summed E-state index contributed by atoms with van der Waals surface area (Å²) in [5.41, 5.74) is 1.63. The predicted molar refractivity (Wildman–Crippen MR) is 79.2 cm³/mol. The van der Waals surface area contributed by atoms with Crippen LogP contribution in [0.25, 0.3) is 0 Å². The summed E-state index contributed by atoms with van der Waals surface area (Å²) < 4.78 is 0. The SMILES string of the molecule is OC1(Cc2ccccn2)CCN(Cc2ccccc2)C1. The van der Waals surface area contributed by atoms with E-state index in [4.69, 9.17) is 0 Å². The fourth-order valence-corrected chi connectivity index (χ4v) is 2.90. The molecule has 0 bridgehead atoms. The van der Waals surface area contributed by atoms with Crippen molar-refractivity contribution in [1.29, 1.82) is 0 Å². The quantitative estimate of drug-likeness (QED) is 0.924. The molecule has 1 unspecified atom stereocenters. The van der Waals surface area contributed by atoms with Gasteiger partial charge in [0.2, 0.25) is 0 Å². The molecule has 1 N–H and O–H groups in total. The lowest BCUT2D eigenvalue weighted by molar-refractivity contribution is 0.0479. The van der Waals surface area contributed by atoms with Gasteiger partial charge < -0.3 is 5.11 Å². The number of hydrogen-bond donors (Lipinski definition) is 1. The Bertz CT molecular complexity index is 543. The Hall–Kier alpha value is -1.71. The molecule has 1 aliphatic rings. The van der Waals surface area contributed by atoms with Crippen LogP contribution in [-0.2, 0) is 13.0 Å². The molecule has 2 heterocycles. The molecule has 0 radical (unpaired) electrons. The number of aliphatic hydroxyl groups is 1. The Kier molecular flexibility index (Phi) is 3.81. The van der Waals surface area contributed by atoms with Crippen molar-refractivity contribution in [2.24, 2.45) is 0 Å². The van der Waals surface area contributed by atoms with Crippen molar-refractivity contribution in [1.82, 2.24) is 9.88 Å². The van der Waals surface area contributed by atoms with E-state index in [1.54, 1.807) is 6.20 Å². The Morgan fingerprint density at radius 2 is 1.90 bits per heavy atom. The molecule has 0 aliphatic carbocycles. The van der Waals surface area contributed by atoms with Crippen LogP contribution in [0.2, 0.25) is 0 Å². The second-order valence-electron chi connectivity index (χ2n) is 5.67. The van der Waals surface area contributed by atoms with E-state index in [-0.39, 0.29) is 0 Å².